The smallest absolute Gasteiger partial charge is 0.277 e. The number of anilines is 2. The maximum atomic E-state index is 13.3. The first-order valence-electron chi connectivity index (χ1n) is 12.8. The molecule has 0 unspecified atom stereocenters. The zero-order valence-electron chi connectivity index (χ0n) is 21.5. The van der Waals surface area contributed by atoms with Gasteiger partial charge in [-0.05, 0) is 37.1 Å². The van der Waals surface area contributed by atoms with Gasteiger partial charge in [0.25, 0.3) is 11.1 Å². The van der Waals surface area contributed by atoms with E-state index in [1.807, 2.05) is 30.5 Å². The third kappa shape index (κ3) is 5.84. The van der Waals surface area contributed by atoms with Crippen LogP contribution in [0.2, 0.25) is 0 Å². The van der Waals surface area contributed by atoms with Crippen LogP contribution in [0, 0.1) is 0 Å². The van der Waals surface area contributed by atoms with E-state index in [-0.39, 0.29) is 34.2 Å². The van der Waals surface area contributed by atoms with Crippen LogP contribution in [0.25, 0.3) is 22.4 Å². The first kappa shape index (κ1) is 28.4. The molecule has 14 heteroatoms. The number of aromatic nitrogens is 3. The molecule has 0 radical (unpaired) electrons. The summed E-state index contributed by atoms with van der Waals surface area (Å²) < 4.78 is 39.1. The molecule has 11 nitrogen and oxygen atoms in total. The molecular formula is C26H29ClN6O5S2. The van der Waals surface area contributed by atoms with Crippen LogP contribution in [0.4, 0.5) is 11.4 Å². The van der Waals surface area contributed by atoms with Crippen LogP contribution in [-0.4, -0.2) is 79.0 Å². The van der Waals surface area contributed by atoms with Crippen LogP contribution in [0.1, 0.15) is 12.8 Å². The van der Waals surface area contributed by atoms with E-state index in [1.54, 1.807) is 18.2 Å². The highest BCUT2D eigenvalue weighted by Gasteiger charge is 2.28. The number of sulfonamides is 1. The number of carbonyl (C=O) groups is 1. The molecule has 4 heterocycles. The summed E-state index contributed by atoms with van der Waals surface area (Å²) >= 11 is 1.13. The maximum absolute atomic E-state index is 13.3. The van der Waals surface area contributed by atoms with Gasteiger partial charge in [0.2, 0.25) is 15.9 Å². The third-order valence-corrected chi connectivity index (χ3v) is 9.56. The van der Waals surface area contributed by atoms with Crippen molar-refractivity contribution >= 4 is 62.4 Å². The number of para-hydroxylation sites is 1. The number of nitrogens with zero attached hydrogens (tertiary/aromatic N) is 4. The summed E-state index contributed by atoms with van der Waals surface area (Å²) in [5.41, 5.74) is 3.04. The van der Waals surface area contributed by atoms with Crippen molar-refractivity contribution in [2.45, 2.75) is 23.0 Å². The third-order valence-electron chi connectivity index (χ3n) is 6.85. The van der Waals surface area contributed by atoms with Gasteiger partial charge in [0, 0.05) is 43.3 Å². The summed E-state index contributed by atoms with van der Waals surface area (Å²) in [5, 5.41) is 12.4. The number of thioether (sulfide) groups is 1. The number of halogens is 1. The molecule has 2 fully saturated rings. The number of rotatable bonds is 8. The van der Waals surface area contributed by atoms with Gasteiger partial charge in [-0.25, -0.2) is 8.42 Å². The predicted molar refractivity (Wildman–Crippen MR) is 156 cm³/mol. The molecule has 2 aliphatic heterocycles. The fourth-order valence-electron chi connectivity index (χ4n) is 4.88. The first-order chi connectivity index (χ1) is 19.0. The van der Waals surface area contributed by atoms with Crippen molar-refractivity contribution in [2.75, 3.05) is 55.4 Å². The molecule has 2 aromatic heterocycles. The lowest BCUT2D eigenvalue weighted by molar-refractivity contribution is -0.113. The molecule has 0 spiro atoms. The number of benzene rings is 2. The molecule has 0 saturated carbocycles. The molecule has 1 amide bonds. The fourth-order valence-corrected chi connectivity index (χ4v) is 6.88. The van der Waals surface area contributed by atoms with Gasteiger partial charge >= 0.3 is 0 Å². The number of nitrogens with one attached hydrogen (secondary N) is 2. The SMILES string of the molecule is Cl.O=C(CSc1nnc(-c2c[nH]c3ccccc23)o1)Nc1cc(S(=O)(=O)N2CCOCC2)ccc1N1CCCC1. The highest BCUT2D eigenvalue weighted by molar-refractivity contribution is 7.99. The quantitative estimate of drug-likeness (QED) is 0.286. The Bertz CT molecular complexity index is 1600. The van der Waals surface area contributed by atoms with Gasteiger partial charge < -0.3 is 24.4 Å². The Balaban J connectivity index is 0.00000323. The number of carbonyl (C=O) groups excluding carboxylic acids is 1. The van der Waals surface area contributed by atoms with Crippen molar-refractivity contribution in [2.24, 2.45) is 0 Å². The molecule has 2 aromatic carbocycles. The van der Waals surface area contributed by atoms with E-state index in [2.05, 4.69) is 25.4 Å². The molecular weight excluding hydrogens is 576 g/mol. The molecule has 0 aliphatic carbocycles. The molecule has 40 heavy (non-hydrogen) atoms. The Hall–Kier alpha value is -3.10. The molecule has 2 aliphatic rings. The maximum Gasteiger partial charge on any atom is 0.277 e. The van der Waals surface area contributed by atoms with E-state index >= 15 is 0 Å². The van der Waals surface area contributed by atoms with Gasteiger partial charge in [0.15, 0.2) is 0 Å². The highest BCUT2D eigenvalue weighted by atomic mass is 35.5. The number of amides is 1. The number of H-pyrrole nitrogens is 1. The number of aromatic amines is 1. The number of hydrogen-bond acceptors (Lipinski definition) is 9. The second-order valence-corrected chi connectivity index (χ2v) is 12.2. The predicted octanol–water partition coefficient (Wildman–Crippen LogP) is 3.99. The number of fused-ring (bicyclic) bond motifs is 1. The normalized spacial score (nSPS) is 16.2. The minimum absolute atomic E-state index is 0. The van der Waals surface area contributed by atoms with Gasteiger partial charge in [0.05, 0.1) is 40.8 Å². The lowest BCUT2D eigenvalue weighted by Gasteiger charge is -2.27. The number of hydrogen-bond donors (Lipinski definition) is 2. The second kappa shape index (κ2) is 12.2. The van der Waals surface area contributed by atoms with Crippen molar-refractivity contribution in [3.05, 3.63) is 48.7 Å². The average molecular weight is 605 g/mol. The molecule has 2 N–H and O–H groups in total. The summed E-state index contributed by atoms with van der Waals surface area (Å²) in [6.07, 6.45) is 3.91. The first-order valence-corrected chi connectivity index (χ1v) is 15.2. The zero-order valence-corrected chi connectivity index (χ0v) is 24.0. The van der Waals surface area contributed by atoms with E-state index in [0.717, 1.165) is 59.8 Å². The highest BCUT2D eigenvalue weighted by Crippen LogP contribution is 2.33. The Morgan fingerprint density at radius 3 is 2.62 bits per heavy atom. The van der Waals surface area contributed by atoms with Crippen molar-refractivity contribution in [3.63, 3.8) is 0 Å². The van der Waals surface area contributed by atoms with Crippen molar-refractivity contribution in [1.29, 1.82) is 0 Å². The molecule has 0 atom stereocenters. The van der Waals surface area contributed by atoms with Crippen molar-refractivity contribution < 1.29 is 22.4 Å². The largest absolute Gasteiger partial charge is 0.411 e. The molecule has 0 bridgehead atoms. The summed E-state index contributed by atoms with van der Waals surface area (Å²) in [6.45, 7) is 3.04. The van der Waals surface area contributed by atoms with Crippen LogP contribution in [0.5, 0.6) is 0 Å². The monoisotopic (exact) mass is 604 g/mol. The van der Waals surface area contributed by atoms with E-state index in [4.69, 9.17) is 9.15 Å². The standard InChI is InChI=1S/C26H28N6O5S2.ClH/c33-24(17-38-26-30-29-25(37-26)20-16-27-21-6-2-1-5-19(20)21)28-22-15-18(7-8-23(22)31-9-3-4-10-31)39(34,35)32-11-13-36-14-12-32;/h1-2,5-8,15-16,27H,3-4,9-14,17H2,(H,28,33);1H. The van der Waals surface area contributed by atoms with Crippen LogP contribution in [-0.2, 0) is 19.6 Å². The minimum atomic E-state index is -3.71. The zero-order chi connectivity index (χ0) is 26.8. The van der Waals surface area contributed by atoms with E-state index in [9.17, 15) is 13.2 Å². The van der Waals surface area contributed by atoms with Crippen LogP contribution in [0.15, 0.2) is 63.2 Å². The Morgan fingerprint density at radius 2 is 1.82 bits per heavy atom. The van der Waals surface area contributed by atoms with Gasteiger partial charge in [0.1, 0.15) is 0 Å². The molecule has 4 aromatic rings. The summed E-state index contributed by atoms with van der Waals surface area (Å²) in [7, 11) is -3.71. The minimum Gasteiger partial charge on any atom is -0.411 e. The van der Waals surface area contributed by atoms with Crippen molar-refractivity contribution in [3.8, 4) is 11.5 Å². The van der Waals surface area contributed by atoms with E-state index < -0.39 is 10.0 Å². The van der Waals surface area contributed by atoms with Gasteiger partial charge in [-0.2, -0.15) is 4.31 Å². The molecule has 2 saturated heterocycles. The van der Waals surface area contributed by atoms with Gasteiger partial charge in [-0.1, -0.05) is 30.0 Å². The van der Waals surface area contributed by atoms with E-state index in [0.29, 0.717) is 37.9 Å². The summed E-state index contributed by atoms with van der Waals surface area (Å²) in [4.78, 5) is 18.5. The van der Waals surface area contributed by atoms with E-state index in [1.165, 1.54) is 4.31 Å². The molecule has 212 valence electrons. The number of morpholine rings is 1. The lowest BCUT2D eigenvalue weighted by atomic mass is 10.2. The van der Waals surface area contributed by atoms with Crippen LogP contribution < -0.4 is 10.2 Å². The Kier molecular flexibility index (Phi) is 8.66. The second-order valence-electron chi connectivity index (χ2n) is 9.35. The Morgan fingerprint density at radius 1 is 1.05 bits per heavy atom. The molecule has 6 rings (SSSR count). The summed E-state index contributed by atoms with van der Waals surface area (Å²) in [6, 6.07) is 12.8. The van der Waals surface area contributed by atoms with Gasteiger partial charge in [-0.3, -0.25) is 4.79 Å². The topological polar surface area (TPSA) is 134 Å². The van der Waals surface area contributed by atoms with Crippen LogP contribution in [0.3, 0.4) is 0 Å². The van der Waals surface area contributed by atoms with Crippen molar-refractivity contribution in [1.82, 2.24) is 19.5 Å². The fraction of sp³-hybridized carbons (Fsp3) is 0.346. The lowest BCUT2D eigenvalue weighted by Crippen LogP contribution is -2.40. The average Bonchev–Trinajstić information content (AvgIpc) is 3.73. The van der Waals surface area contributed by atoms with Gasteiger partial charge in [-0.15, -0.1) is 22.6 Å². The summed E-state index contributed by atoms with van der Waals surface area (Å²) in [5.74, 6) is 0.0935. The number of ether oxygens (including phenoxy) is 1. The Labute approximate surface area is 242 Å². The van der Waals surface area contributed by atoms with Crippen LogP contribution >= 0.6 is 24.2 Å².